The van der Waals surface area contributed by atoms with E-state index < -0.39 is 0 Å². The Bertz CT molecular complexity index is 1150. The molecular weight excluding hydrogens is 391 g/mol. The van der Waals surface area contributed by atoms with Crippen molar-refractivity contribution in [2.75, 3.05) is 12.4 Å². The molecule has 1 amide bonds. The van der Waals surface area contributed by atoms with Gasteiger partial charge in [0.1, 0.15) is 17.3 Å². The second-order valence-corrected chi connectivity index (χ2v) is 7.43. The highest BCUT2D eigenvalue weighted by molar-refractivity contribution is 7.16. The van der Waals surface area contributed by atoms with Crippen LogP contribution in [0.1, 0.15) is 15.4 Å². The van der Waals surface area contributed by atoms with E-state index in [1.54, 1.807) is 23.8 Å². The zero-order valence-corrected chi connectivity index (χ0v) is 16.5. The monoisotopic (exact) mass is 408 g/mol. The maximum absolute atomic E-state index is 13.2. The number of carbonyl (C=O) groups is 1. The van der Waals surface area contributed by atoms with E-state index in [0.29, 0.717) is 16.5 Å². The molecule has 0 aliphatic rings. The molecule has 0 atom stereocenters. The number of thiazole rings is 1. The van der Waals surface area contributed by atoms with Crippen LogP contribution in [0.3, 0.4) is 0 Å². The molecule has 0 saturated carbocycles. The van der Waals surface area contributed by atoms with E-state index in [-0.39, 0.29) is 11.7 Å². The molecule has 0 bridgehead atoms. The zero-order chi connectivity index (χ0) is 20.4. The van der Waals surface area contributed by atoms with Gasteiger partial charge in [-0.2, -0.15) is 0 Å². The Morgan fingerprint density at radius 3 is 2.55 bits per heavy atom. The topological polar surface area (TPSA) is 69.0 Å². The largest absolute Gasteiger partial charge is 0.497 e. The second kappa shape index (κ2) is 7.84. The van der Waals surface area contributed by atoms with Crippen molar-refractivity contribution in [2.45, 2.75) is 6.92 Å². The number of hydrogen-bond donors (Lipinski definition) is 1. The number of anilines is 1. The molecule has 0 radical (unpaired) electrons. The molecule has 0 unspecified atom stereocenters. The van der Waals surface area contributed by atoms with E-state index in [2.05, 4.69) is 15.3 Å². The fourth-order valence-corrected chi connectivity index (χ4v) is 3.73. The third kappa shape index (κ3) is 3.88. The van der Waals surface area contributed by atoms with Gasteiger partial charge in [0.25, 0.3) is 5.91 Å². The quantitative estimate of drug-likeness (QED) is 0.520. The summed E-state index contributed by atoms with van der Waals surface area (Å²) in [6, 6.07) is 13.4. The molecule has 4 aromatic rings. The Morgan fingerprint density at radius 1 is 1.14 bits per heavy atom. The van der Waals surface area contributed by atoms with Crippen LogP contribution >= 0.6 is 11.3 Å². The lowest BCUT2D eigenvalue weighted by molar-refractivity contribution is 0.102. The van der Waals surface area contributed by atoms with Gasteiger partial charge in [-0.1, -0.05) is 0 Å². The number of methoxy groups -OCH3 is 1. The Balaban J connectivity index is 1.57. The fourth-order valence-electron chi connectivity index (χ4n) is 2.90. The van der Waals surface area contributed by atoms with Crippen molar-refractivity contribution >= 4 is 22.4 Å². The number of rotatable bonds is 5. The van der Waals surface area contributed by atoms with Crippen LogP contribution in [-0.2, 0) is 0 Å². The highest BCUT2D eigenvalue weighted by atomic mass is 32.1. The summed E-state index contributed by atoms with van der Waals surface area (Å²) >= 11 is 1.39. The van der Waals surface area contributed by atoms with Crippen molar-refractivity contribution in [3.8, 4) is 22.7 Å². The lowest BCUT2D eigenvalue weighted by Crippen LogP contribution is -2.16. The van der Waals surface area contributed by atoms with E-state index in [4.69, 9.17) is 4.74 Å². The molecule has 146 valence electrons. The first-order valence-electron chi connectivity index (χ1n) is 8.76. The van der Waals surface area contributed by atoms with Crippen LogP contribution in [0.15, 0.2) is 61.1 Å². The second-order valence-electron chi connectivity index (χ2n) is 6.23. The predicted octanol–water partition coefficient (Wildman–Crippen LogP) is 4.70. The lowest BCUT2D eigenvalue weighted by atomic mass is 10.1. The smallest absolute Gasteiger partial charge is 0.276 e. The van der Waals surface area contributed by atoms with E-state index >= 15 is 0 Å². The van der Waals surface area contributed by atoms with Crippen LogP contribution in [0.5, 0.6) is 5.75 Å². The minimum atomic E-state index is -0.346. The summed E-state index contributed by atoms with van der Waals surface area (Å²) in [5.74, 6) is 0.0789. The number of amides is 1. The Labute approximate surface area is 170 Å². The average Bonchev–Trinajstić information content (AvgIpc) is 3.35. The number of hydrogen-bond acceptors (Lipinski definition) is 5. The van der Waals surface area contributed by atoms with Gasteiger partial charge in [0.2, 0.25) is 0 Å². The van der Waals surface area contributed by atoms with Gasteiger partial charge in [-0.05, 0) is 55.5 Å². The SMILES string of the molecule is COc1ccc(-c2nc(NC(=O)c3cncn3-c3ccc(F)cc3)sc2C)cc1. The molecule has 0 spiro atoms. The molecule has 4 rings (SSSR count). The maximum Gasteiger partial charge on any atom is 0.276 e. The van der Waals surface area contributed by atoms with Gasteiger partial charge < -0.3 is 4.74 Å². The first-order valence-corrected chi connectivity index (χ1v) is 9.58. The number of aryl methyl sites for hydroxylation is 1. The molecule has 0 fully saturated rings. The fraction of sp³-hybridized carbons (Fsp3) is 0.0952. The van der Waals surface area contributed by atoms with Crippen molar-refractivity contribution in [1.29, 1.82) is 0 Å². The third-order valence-corrected chi connectivity index (χ3v) is 5.24. The minimum Gasteiger partial charge on any atom is -0.497 e. The van der Waals surface area contributed by atoms with Crippen molar-refractivity contribution in [3.63, 3.8) is 0 Å². The van der Waals surface area contributed by atoms with Crippen molar-refractivity contribution < 1.29 is 13.9 Å². The summed E-state index contributed by atoms with van der Waals surface area (Å²) in [7, 11) is 1.62. The molecule has 2 heterocycles. The number of benzene rings is 2. The summed E-state index contributed by atoms with van der Waals surface area (Å²) in [6.45, 7) is 1.95. The van der Waals surface area contributed by atoms with Gasteiger partial charge in [0.15, 0.2) is 5.13 Å². The van der Waals surface area contributed by atoms with Gasteiger partial charge in [-0.15, -0.1) is 11.3 Å². The maximum atomic E-state index is 13.2. The number of nitrogens with one attached hydrogen (secondary N) is 1. The molecule has 2 aromatic heterocycles. The number of ether oxygens (including phenoxy) is 1. The third-order valence-electron chi connectivity index (χ3n) is 4.36. The Hall–Kier alpha value is -3.52. The summed E-state index contributed by atoms with van der Waals surface area (Å²) in [4.78, 5) is 22.4. The van der Waals surface area contributed by atoms with Crippen LogP contribution < -0.4 is 10.1 Å². The van der Waals surface area contributed by atoms with Gasteiger partial charge in [0.05, 0.1) is 25.3 Å². The van der Waals surface area contributed by atoms with Crippen LogP contribution in [-0.4, -0.2) is 27.6 Å². The molecule has 0 aliphatic carbocycles. The first kappa shape index (κ1) is 18.8. The highest BCUT2D eigenvalue weighted by Gasteiger charge is 2.17. The average molecular weight is 408 g/mol. The van der Waals surface area contributed by atoms with Crippen LogP contribution in [0.4, 0.5) is 9.52 Å². The van der Waals surface area contributed by atoms with Gasteiger partial charge in [0, 0.05) is 16.1 Å². The van der Waals surface area contributed by atoms with Crippen LogP contribution in [0.2, 0.25) is 0 Å². The van der Waals surface area contributed by atoms with Crippen molar-refractivity contribution in [3.05, 3.63) is 77.4 Å². The van der Waals surface area contributed by atoms with E-state index in [9.17, 15) is 9.18 Å². The Morgan fingerprint density at radius 2 is 1.86 bits per heavy atom. The van der Waals surface area contributed by atoms with Crippen LogP contribution in [0.25, 0.3) is 16.9 Å². The summed E-state index contributed by atoms with van der Waals surface area (Å²) in [6.07, 6.45) is 2.97. The highest BCUT2D eigenvalue weighted by Crippen LogP contribution is 2.31. The van der Waals surface area contributed by atoms with Gasteiger partial charge in [-0.25, -0.2) is 14.4 Å². The first-order chi connectivity index (χ1) is 14.0. The summed E-state index contributed by atoms with van der Waals surface area (Å²) in [5.41, 5.74) is 2.72. The Kier molecular flexibility index (Phi) is 5.09. The van der Waals surface area contributed by atoms with Gasteiger partial charge in [-0.3, -0.25) is 14.7 Å². The number of imidazole rings is 1. The summed E-state index contributed by atoms with van der Waals surface area (Å²) < 4.78 is 20.0. The van der Waals surface area contributed by atoms with E-state index in [1.807, 2.05) is 31.2 Å². The van der Waals surface area contributed by atoms with E-state index in [1.165, 1.54) is 36.0 Å². The molecule has 2 aromatic carbocycles. The van der Waals surface area contributed by atoms with Crippen molar-refractivity contribution in [2.24, 2.45) is 0 Å². The minimum absolute atomic E-state index is 0.329. The van der Waals surface area contributed by atoms with Crippen LogP contribution in [0, 0.1) is 12.7 Å². The predicted molar refractivity (Wildman–Crippen MR) is 110 cm³/mol. The molecular formula is C21H17FN4O2S. The van der Waals surface area contributed by atoms with Gasteiger partial charge >= 0.3 is 0 Å². The molecule has 6 nitrogen and oxygen atoms in total. The molecule has 29 heavy (non-hydrogen) atoms. The number of carbonyl (C=O) groups excluding carboxylic acids is 1. The number of halogens is 1. The molecule has 1 N–H and O–H groups in total. The molecule has 8 heteroatoms. The molecule has 0 aliphatic heterocycles. The number of nitrogens with zero attached hydrogens (tertiary/aromatic N) is 3. The normalized spacial score (nSPS) is 10.7. The number of aromatic nitrogens is 3. The summed E-state index contributed by atoms with van der Waals surface area (Å²) in [5, 5.41) is 3.32. The molecule has 0 saturated heterocycles. The van der Waals surface area contributed by atoms with Crippen molar-refractivity contribution in [1.82, 2.24) is 14.5 Å². The van der Waals surface area contributed by atoms with E-state index in [0.717, 1.165) is 21.9 Å². The lowest BCUT2D eigenvalue weighted by Gasteiger charge is -2.07. The standard InChI is InChI=1S/C21H17FN4O2S/c1-13-19(14-3-9-17(28-2)10-4-14)24-21(29-13)25-20(27)18-11-23-12-26(18)16-7-5-15(22)6-8-16/h3-12H,1-2H3,(H,24,25,27). The zero-order valence-electron chi connectivity index (χ0n) is 15.7.